The van der Waals surface area contributed by atoms with Gasteiger partial charge in [0.2, 0.25) is 10.0 Å². The molecule has 0 unspecified atom stereocenters. The van der Waals surface area contributed by atoms with E-state index in [-0.39, 0.29) is 4.66 Å². The number of benzene rings is 1. The number of alkyl halides is 1. The summed E-state index contributed by atoms with van der Waals surface area (Å²) < 4.78 is 27.0. The summed E-state index contributed by atoms with van der Waals surface area (Å²) in [6, 6.07) is 11.0. The maximum Gasteiger partial charge on any atom is 0.243 e. The second-order valence-corrected chi connectivity index (χ2v) is 6.77. The lowest BCUT2D eigenvalue weighted by Crippen LogP contribution is -2.16. The average molecular weight is 330 g/mol. The van der Waals surface area contributed by atoms with Gasteiger partial charge in [0.15, 0.2) is 0 Å². The third kappa shape index (κ3) is 2.91. The van der Waals surface area contributed by atoms with Gasteiger partial charge in [0.05, 0.1) is 11.4 Å². The summed E-state index contributed by atoms with van der Waals surface area (Å²) in [5.41, 5.74) is 1.55. The van der Waals surface area contributed by atoms with Gasteiger partial charge < -0.3 is 0 Å². The summed E-state index contributed by atoms with van der Waals surface area (Å²) >= 11 is 2.94. The minimum Gasteiger partial charge on any atom is -0.267 e. The zero-order valence-electron chi connectivity index (χ0n) is 9.67. The molecule has 0 aliphatic carbocycles. The van der Waals surface area contributed by atoms with Gasteiger partial charge in [-0.15, -0.1) is 0 Å². The highest BCUT2D eigenvalue weighted by Crippen LogP contribution is 2.18. The molecule has 1 aromatic carbocycles. The molecule has 0 radical (unpaired) electrons. The Morgan fingerprint density at radius 2 is 2.00 bits per heavy atom. The van der Waals surface area contributed by atoms with E-state index in [1.54, 1.807) is 10.7 Å². The zero-order chi connectivity index (χ0) is 13.2. The van der Waals surface area contributed by atoms with Crippen LogP contribution in [0.4, 0.5) is 5.82 Å². The molecule has 5 nitrogen and oxygen atoms in total. The number of anilines is 1. The molecule has 0 spiro atoms. The first-order valence-electron chi connectivity index (χ1n) is 5.20. The SMILES string of the molecule is Cc1cc(NS(=O)(=O)CBr)n(-c2ccccc2)n1. The Morgan fingerprint density at radius 3 is 2.61 bits per heavy atom. The van der Waals surface area contributed by atoms with E-state index in [4.69, 9.17) is 0 Å². The van der Waals surface area contributed by atoms with Crippen LogP contribution in [-0.4, -0.2) is 22.9 Å². The van der Waals surface area contributed by atoms with E-state index in [1.807, 2.05) is 37.3 Å². The highest BCUT2D eigenvalue weighted by Gasteiger charge is 2.13. The van der Waals surface area contributed by atoms with Crippen LogP contribution in [0.5, 0.6) is 0 Å². The van der Waals surface area contributed by atoms with E-state index >= 15 is 0 Å². The van der Waals surface area contributed by atoms with Crippen molar-refractivity contribution in [3.8, 4) is 5.69 Å². The predicted molar refractivity (Wildman–Crippen MR) is 74.6 cm³/mol. The lowest BCUT2D eigenvalue weighted by Gasteiger charge is -2.08. The average Bonchev–Trinajstić information content (AvgIpc) is 2.70. The number of halogens is 1. The van der Waals surface area contributed by atoms with Crippen molar-refractivity contribution < 1.29 is 8.42 Å². The molecule has 2 aromatic rings. The van der Waals surface area contributed by atoms with Crippen molar-refractivity contribution in [2.24, 2.45) is 0 Å². The summed E-state index contributed by atoms with van der Waals surface area (Å²) in [7, 11) is -3.38. The first-order chi connectivity index (χ1) is 8.52. The molecule has 7 heteroatoms. The van der Waals surface area contributed by atoms with Crippen LogP contribution in [-0.2, 0) is 10.0 Å². The quantitative estimate of drug-likeness (QED) is 0.875. The van der Waals surface area contributed by atoms with Gasteiger partial charge in [-0.25, -0.2) is 13.1 Å². The number of aryl methyl sites for hydroxylation is 1. The third-order valence-electron chi connectivity index (χ3n) is 2.24. The number of sulfonamides is 1. The maximum absolute atomic E-state index is 11.6. The van der Waals surface area contributed by atoms with E-state index in [2.05, 4.69) is 25.8 Å². The molecule has 1 aromatic heterocycles. The molecule has 0 aliphatic heterocycles. The summed E-state index contributed by atoms with van der Waals surface area (Å²) in [5.74, 6) is 0.429. The van der Waals surface area contributed by atoms with Gasteiger partial charge in [-0.1, -0.05) is 34.1 Å². The summed E-state index contributed by atoms with van der Waals surface area (Å²) in [6.07, 6.45) is 0. The molecule has 2 rings (SSSR count). The van der Waals surface area contributed by atoms with Crippen LogP contribution in [0.25, 0.3) is 5.69 Å². The number of nitrogens with zero attached hydrogens (tertiary/aromatic N) is 2. The molecule has 18 heavy (non-hydrogen) atoms. The van der Waals surface area contributed by atoms with Crippen molar-refractivity contribution in [3.05, 3.63) is 42.1 Å². The second kappa shape index (κ2) is 5.11. The molecule has 0 amide bonds. The van der Waals surface area contributed by atoms with Crippen molar-refractivity contribution in [1.29, 1.82) is 0 Å². The van der Waals surface area contributed by atoms with Crippen molar-refractivity contribution in [3.63, 3.8) is 0 Å². The lowest BCUT2D eigenvalue weighted by atomic mass is 10.3. The summed E-state index contributed by atoms with van der Waals surface area (Å²) in [5, 5.41) is 4.27. The topological polar surface area (TPSA) is 64.0 Å². The first kappa shape index (κ1) is 13.1. The molecule has 0 saturated heterocycles. The standard InChI is InChI=1S/C11H12BrN3O2S/c1-9-7-11(14-18(16,17)8-12)15(13-9)10-5-3-2-4-6-10/h2-7,14H,8H2,1H3. The minimum absolute atomic E-state index is 0.154. The Bertz CT molecular complexity index is 638. The molecule has 1 heterocycles. The van der Waals surface area contributed by atoms with Gasteiger partial charge in [0.25, 0.3) is 0 Å². The Hall–Kier alpha value is -1.34. The fourth-order valence-corrected chi connectivity index (χ4v) is 2.39. The van der Waals surface area contributed by atoms with E-state index < -0.39 is 10.0 Å². The fourth-order valence-electron chi connectivity index (χ4n) is 1.52. The van der Waals surface area contributed by atoms with E-state index in [0.717, 1.165) is 11.4 Å². The number of aromatic nitrogens is 2. The Balaban J connectivity index is 2.44. The molecule has 0 atom stereocenters. The molecule has 0 fully saturated rings. The number of hydrogen-bond donors (Lipinski definition) is 1. The molecule has 1 N–H and O–H groups in total. The molecule has 96 valence electrons. The zero-order valence-corrected chi connectivity index (χ0v) is 12.1. The van der Waals surface area contributed by atoms with Crippen LogP contribution in [0, 0.1) is 6.92 Å². The molecular weight excluding hydrogens is 318 g/mol. The summed E-state index contributed by atoms with van der Waals surface area (Å²) in [4.78, 5) is 0. The van der Waals surface area contributed by atoms with Crippen LogP contribution in [0.15, 0.2) is 36.4 Å². The number of para-hydroxylation sites is 1. The van der Waals surface area contributed by atoms with Crippen LogP contribution in [0.1, 0.15) is 5.69 Å². The van der Waals surface area contributed by atoms with Crippen LogP contribution in [0.2, 0.25) is 0 Å². The Morgan fingerprint density at radius 1 is 1.33 bits per heavy atom. The monoisotopic (exact) mass is 329 g/mol. The van der Waals surface area contributed by atoms with Crippen molar-refractivity contribution >= 4 is 31.8 Å². The van der Waals surface area contributed by atoms with Gasteiger partial charge in [-0.3, -0.25) is 4.72 Å². The number of nitrogens with one attached hydrogen (secondary N) is 1. The smallest absolute Gasteiger partial charge is 0.243 e. The number of hydrogen-bond acceptors (Lipinski definition) is 3. The molecule has 0 saturated carbocycles. The van der Waals surface area contributed by atoms with Gasteiger partial charge in [0.1, 0.15) is 10.5 Å². The van der Waals surface area contributed by atoms with Gasteiger partial charge >= 0.3 is 0 Å². The first-order valence-corrected chi connectivity index (χ1v) is 7.98. The predicted octanol–water partition coefficient (Wildman–Crippen LogP) is 2.27. The molecule has 0 aliphatic rings. The van der Waals surface area contributed by atoms with Gasteiger partial charge in [0, 0.05) is 6.07 Å². The molecular formula is C11H12BrN3O2S. The maximum atomic E-state index is 11.6. The van der Waals surface area contributed by atoms with Gasteiger partial charge in [-0.05, 0) is 19.1 Å². The fraction of sp³-hybridized carbons (Fsp3) is 0.182. The van der Waals surface area contributed by atoms with E-state index in [0.29, 0.717) is 5.82 Å². The van der Waals surface area contributed by atoms with Crippen LogP contribution < -0.4 is 4.72 Å². The Labute approximate surface area is 114 Å². The largest absolute Gasteiger partial charge is 0.267 e. The van der Waals surface area contributed by atoms with Gasteiger partial charge in [-0.2, -0.15) is 5.10 Å². The van der Waals surface area contributed by atoms with E-state index in [1.165, 1.54) is 0 Å². The normalized spacial score (nSPS) is 11.4. The van der Waals surface area contributed by atoms with Crippen molar-refractivity contribution in [2.45, 2.75) is 6.92 Å². The number of rotatable bonds is 4. The van der Waals surface area contributed by atoms with Crippen molar-refractivity contribution in [2.75, 3.05) is 9.38 Å². The Kier molecular flexibility index (Phi) is 3.72. The van der Waals surface area contributed by atoms with Crippen molar-refractivity contribution in [1.82, 2.24) is 9.78 Å². The van der Waals surface area contributed by atoms with E-state index in [9.17, 15) is 8.42 Å². The third-order valence-corrected chi connectivity index (χ3v) is 4.85. The minimum atomic E-state index is -3.38. The highest BCUT2D eigenvalue weighted by atomic mass is 79.9. The summed E-state index contributed by atoms with van der Waals surface area (Å²) in [6.45, 7) is 1.81. The van der Waals surface area contributed by atoms with Crippen LogP contribution >= 0.6 is 15.9 Å². The van der Waals surface area contributed by atoms with Crippen LogP contribution in [0.3, 0.4) is 0 Å². The highest BCUT2D eigenvalue weighted by molar-refractivity contribution is 9.10. The lowest BCUT2D eigenvalue weighted by molar-refractivity contribution is 0.605. The molecule has 0 bridgehead atoms. The second-order valence-electron chi connectivity index (χ2n) is 3.74.